The minimum absolute atomic E-state index is 0.163. The van der Waals surface area contributed by atoms with Crippen LogP contribution in [0.15, 0.2) is 4.99 Å². The van der Waals surface area contributed by atoms with E-state index in [4.69, 9.17) is 9.47 Å². The fraction of sp³-hybridized carbons (Fsp3) is 0.909. The van der Waals surface area contributed by atoms with Crippen molar-refractivity contribution in [3.8, 4) is 0 Å². The zero-order valence-corrected chi connectivity index (χ0v) is 10.1. The summed E-state index contributed by atoms with van der Waals surface area (Å²) in [6.45, 7) is 3.17. The predicted octanol–water partition coefficient (Wildman–Crippen LogP) is 0.0714. The summed E-state index contributed by atoms with van der Waals surface area (Å²) in [5.41, 5.74) is 0. The summed E-state index contributed by atoms with van der Waals surface area (Å²) in [6.07, 6.45) is 2.70. The SMILES string of the molecule is CN=C(NC1CC1)N1CCOC(COC)C1. The quantitative estimate of drug-likeness (QED) is 0.547. The van der Waals surface area contributed by atoms with E-state index in [0.717, 1.165) is 25.7 Å². The molecule has 1 N–H and O–H groups in total. The molecule has 0 aromatic carbocycles. The normalized spacial score (nSPS) is 27.0. The minimum atomic E-state index is 0.163. The zero-order valence-electron chi connectivity index (χ0n) is 10.1. The Labute approximate surface area is 96.8 Å². The minimum Gasteiger partial charge on any atom is -0.382 e. The van der Waals surface area contributed by atoms with Gasteiger partial charge in [-0.2, -0.15) is 0 Å². The Hall–Kier alpha value is -0.810. The number of methoxy groups -OCH3 is 1. The molecule has 1 saturated carbocycles. The van der Waals surface area contributed by atoms with Gasteiger partial charge in [-0.25, -0.2) is 0 Å². The number of rotatable bonds is 3. The number of morpholine rings is 1. The molecule has 0 aromatic rings. The molecule has 0 aromatic heterocycles. The van der Waals surface area contributed by atoms with Crippen LogP contribution in [0.2, 0.25) is 0 Å². The highest BCUT2D eigenvalue weighted by atomic mass is 16.5. The number of aliphatic imine (C=N–C) groups is 1. The highest BCUT2D eigenvalue weighted by molar-refractivity contribution is 5.80. The highest BCUT2D eigenvalue weighted by Gasteiger charge is 2.27. The second-order valence-electron chi connectivity index (χ2n) is 4.36. The Balaban J connectivity index is 1.85. The van der Waals surface area contributed by atoms with Crippen LogP contribution in [0.5, 0.6) is 0 Å². The van der Waals surface area contributed by atoms with Crippen LogP contribution in [0.1, 0.15) is 12.8 Å². The molecule has 1 atom stereocenters. The molecule has 0 amide bonds. The molecule has 1 unspecified atom stereocenters. The predicted molar refractivity (Wildman–Crippen MR) is 62.7 cm³/mol. The van der Waals surface area contributed by atoms with Crippen molar-refractivity contribution < 1.29 is 9.47 Å². The maximum Gasteiger partial charge on any atom is 0.194 e. The summed E-state index contributed by atoms with van der Waals surface area (Å²) >= 11 is 0. The standard InChI is InChI=1S/C11H21N3O2/c1-12-11(13-9-3-4-9)14-5-6-16-10(7-14)8-15-2/h9-10H,3-8H2,1-2H3,(H,12,13). The lowest BCUT2D eigenvalue weighted by molar-refractivity contribution is -0.0447. The van der Waals surface area contributed by atoms with Crippen molar-refractivity contribution in [3.05, 3.63) is 0 Å². The van der Waals surface area contributed by atoms with Crippen LogP contribution in [0.4, 0.5) is 0 Å². The molecule has 2 rings (SSSR count). The van der Waals surface area contributed by atoms with Crippen LogP contribution in [-0.2, 0) is 9.47 Å². The summed E-state index contributed by atoms with van der Waals surface area (Å²) in [7, 11) is 3.55. The van der Waals surface area contributed by atoms with Gasteiger partial charge in [0.15, 0.2) is 5.96 Å². The smallest absolute Gasteiger partial charge is 0.194 e. The Bertz CT molecular complexity index is 252. The monoisotopic (exact) mass is 227 g/mol. The van der Waals surface area contributed by atoms with Crippen molar-refractivity contribution in [2.24, 2.45) is 4.99 Å². The largest absolute Gasteiger partial charge is 0.382 e. The molecular weight excluding hydrogens is 206 g/mol. The van der Waals surface area contributed by atoms with Crippen LogP contribution >= 0.6 is 0 Å². The first kappa shape index (κ1) is 11.7. The zero-order chi connectivity index (χ0) is 11.4. The van der Waals surface area contributed by atoms with E-state index in [1.165, 1.54) is 12.8 Å². The van der Waals surface area contributed by atoms with E-state index in [-0.39, 0.29) is 6.10 Å². The second-order valence-corrected chi connectivity index (χ2v) is 4.36. The number of nitrogens with one attached hydrogen (secondary N) is 1. The third-order valence-electron chi connectivity index (χ3n) is 2.91. The van der Waals surface area contributed by atoms with Crippen LogP contribution in [0.3, 0.4) is 0 Å². The van der Waals surface area contributed by atoms with E-state index in [9.17, 15) is 0 Å². The van der Waals surface area contributed by atoms with Gasteiger partial charge in [0, 0.05) is 33.3 Å². The van der Waals surface area contributed by atoms with Crippen molar-refractivity contribution in [1.29, 1.82) is 0 Å². The molecule has 16 heavy (non-hydrogen) atoms. The van der Waals surface area contributed by atoms with Crippen LogP contribution < -0.4 is 5.32 Å². The number of guanidine groups is 1. The summed E-state index contributed by atoms with van der Waals surface area (Å²) in [5.74, 6) is 1.01. The molecular formula is C11H21N3O2. The number of hydrogen-bond acceptors (Lipinski definition) is 3. The van der Waals surface area contributed by atoms with Crippen molar-refractivity contribution >= 4 is 5.96 Å². The van der Waals surface area contributed by atoms with Crippen molar-refractivity contribution in [2.75, 3.05) is 40.5 Å². The summed E-state index contributed by atoms with van der Waals surface area (Å²) in [4.78, 5) is 6.58. The van der Waals surface area contributed by atoms with Gasteiger partial charge in [-0.3, -0.25) is 4.99 Å². The fourth-order valence-corrected chi connectivity index (χ4v) is 1.91. The molecule has 1 aliphatic heterocycles. The lowest BCUT2D eigenvalue weighted by Gasteiger charge is -2.34. The van der Waals surface area contributed by atoms with Gasteiger partial charge in [-0.1, -0.05) is 0 Å². The fourth-order valence-electron chi connectivity index (χ4n) is 1.91. The molecule has 1 heterocycles. The Morgan fingerprint density at radius 2 is 2.38 bits per heavy atom. The van der Waals surface area contributed by atoms with Crippen LogP contribution in [0.25, 0.3) is 0 Å². The summed E-state index contributed by atoms with van der Waals surface area (Å²) in [5, 5.41) is 3.45. The maximum absolute atomic E-state index is 5.61. The Kier molecular flexibility index (Phi) is 4.01. The van der Waals surface area contributed by atoms with E-state index in [0.29, 0.717) is 12.6 Å². The topological polar surface area (TPSA) is 46.1 Å². The average Bonchev–Trinajstić information content (AvgIpc) is 3.10. The lowest BCUT2D eigenvalue weighted by atomic mass is 10.3. The van der Waals surface area contributed by atoms with Gasteiger partial charge in [0.25, 0.3) is 0 Å². The molecule has 2 aliphatic rings. The van der Waals surface area contributed by atoms with Gasteiger partial charge in [0.2, 0.25) is 0 Å². The van der Waals surface area contributed by atoms with E-state index >= 15 is 0 Å². The maximum atomic E-state index is 5.61. The highest BCUT2D eigenvalue weighted by Crippen LogP contribution is 2.19. The van der Waals surface area contributed by atoms with Crippen molar-refractivity contribution in [3.63, 3.8) is 0 Å². The number of hydrogen-bond donors (Lipinski definition) is 1. The number of ether oxygens (including phenoxy) is 2. The van der Waals surface area contributed by atoms with Crippen molar-refractivity contribution in [1.82, 2.24) is 10.2 Å². The van der Waals surface area contributed by atoms with Crippen LogP contribution in [0, 0.1) is 0 Å². The average molecular weight is 227 g/mol. The molecule has 1 saturated heterocycles. The van der Waals surface area contributed by atoms with Gasteiger partial charge in [0.05, 0.1) is 19.3 Å². The van der Waals surface area contributed by atoms with E-state index in [2.05, 4.69) is 15.2 Å². The molecule has 0 bridgehead atoms. The second kappa shape index (κ2) is 5.50. The summed E-state index contributed by atoms with van der Waals surface area (Å²) in [6, 6.07) is 0.641. The van der Waals surface area contributed by atoms with Gasteiger partial charge in [0.1, 0.15) is 0 Å². The Morgan fingerprint density at radius 1 is 1.56 bits per heavy atom. The molecule has 5 heteroatoms. The first-order chi connectivity index (χ1) is 7.83. The van der Waals surface area contributed by atoms with E-state index in [1.807, 2.05) is 7.05 Å². The van der Waals surface area contributed by atoms with Gasteiger partial charge < -0.3 is 19.7 Å². The molecule has 1 aliphatic carbocycles. The molecule has 2 fully saturated rings. The number of nitrogens with zero attached hydrogens (tertiary/aromatic N) is 2. The van der Waals surface area contributed by atoms with Gasteiger partial charge >= 0.3 is 0 Å². The third-order valence-corrected chi connectivity index (χ3v) is 2.91. The first-order valence-corrected chi connectivity index (χ1v) is 5.92. The first-order valence-electron chi connectivity index (χ1n) is 5.92. The lowest BCUT2D eigenvalue weighted by Crippen LogP contribution is -2.51. The summed E-state index contributed by atoms with van der Waals surface area (Å²) < 4.78 is 10.7. The molecule has 0 spiro atoms. The van der Waals surface area contributed by atoms with Crippen LogP contribution in [-0.4, -0.2) is 63.5 Å². The Morgan fingerprint density at radius 3 is 3.00 bits per heavy atom. The van der Waals surface area contributed by atoms with Gasteiger partial charge in [-0.05, 0) is 12.8 Å². The van der Waals surface area contributed by atoms with Gasteiger partial charge in [-0.15, -0.1) is 0 Å². The van der Waals surface area contributed by atoms with E-state index in [1.54, 1.807) is 7.11 Å². The van der Waals surface area contributed by atoms with Crippen molar-refractivity contribution in [2.45, 2.75) is 25.0 Å². The molecule has 0 radical (unpaired) electrons. The van der Waals surface area contributed by atoms with E-state index < -0.39 is 0 Å². The third kappa shape index (κ3) is 3.09. The molecule has 5 nitrogen and oxygen atoms in total. The molecule has 92 valence electrons.